The van der Waals surface area contributed by atoms with Gasteiger partial charge in [-0.3, -0.25) is 9.36 Å². The minimum Gasteiger partial charge on any atom is -0.461 e. The Labute approximate surface area is 163 Å². The highest BCUT2D eigenvalue weighted by Crippen LogP contribution is 2.25. The molecule has 142 valence electrons. The van der Waals surface area contributed by atoms with Gasteiger partial charge >= 0.3 is 0 Å². The van der Waals surface area contributed by atoms with Crippen LogP contribution in [0.3, 0.4) is 0 Å². The molecule has 0 aliphatic heterocycles. The molecule has 1 aromatic carbocycles. The van der Waals surface area contributed by atoms with E-state index in [0.29, 0.717) is 17.5 Å². The lowest BCUT2D eigenvalue weighted by atomic mass is 10.1. The summed E-state index contributed by atoms with van der Waals surface area (Å²) in [5, 5.41) is 12.3. The molecule has 2 heterocycles. The number of aromatic nitrogens is 3. The Kier molecular flexibility index (Phi) is 6.34. The van der Waals surface area contributed by atoms with Crippen molar-refractivity contribution < 1.29 is 9.21 Å². The highest BCUT2D eigenvalue weighted by Gasteiger charge is 2.18. The van der Waals surface area contributed by atoms with Crippen LogP contribution in [-0.2, 0) is 11.3 Å². The van der Waals surface area contributed by atoms with Crippen molar-refractivity contribution in [3.63, 3.8) is 0 Å². The Morgan fingerprint density at radius 3 is 2.59 bits per heavy atom. The van der Waals surface area contributed by atoms with Crippen LogP contribution in [0.2, 0.25) is 0 Å². The average molecular weight is 385 g/mol. The molecular weight excluding hydrogens is 360 g/mol. The van der Waals surface area contributed by atoms with Gasteiger partial charge in [0.05, 0.1) is 18.1 Å². The van der Waals surface area contributed by atoms with Crippen LogP contribution in [0.5, 0.6) is 0 Å². The quantitative estimate of drug-likeness (QED) is 0.590. The van der Waals surface area contributed by atoms with Crippen molar-refractivity contribution in [1.29, 1.82) is 0 Å². The van der Waals surface area contributed by atoms with Crippen molar-refractivity contribution in [3.8, 4) is 11.6 Å². The van der Waals surface area contributed by atoms with E-state index in [1.807, 2.05) is 54.0 Å². The second-order valence-corrected chi connectivity index (χ2v) is 7.72. The Hall–Kier alpha value is -2.54. The zero-order chi connectivity index (χ0) is 19.2. The van der Waals surface area contributed by atoms with Crippen LogP contribution in [0, 0.1) is 5.92 Å². The summed E-state index contributed by atoms with van der Waals surface area (Å²) < 4.78 is 7.49. The van der Waals surface area contributed by atoms with Crippen LogP contribution in [0.1, 0.15) is 32.4 Å². The summed E-state index contributed by atoms with van der Waals surface area (Å²) in [6.45, 7) is 7.00. The van der Waals surface area contributed by atoms with E-state index in [9.17, 15) is 4.79 Å². The van der Waals surface area contributed by atoms with Gasteiger partial charge in [-0.25, -0.2) is 0 Å². The van der Waals surface area contributed by atoms with Gasteiger partial charge in [0, 0.05) is 6.54 Å². The van der Waals surface area contributed by atoms with Crippen LogP contribution in [0.25, 0.3) is 11.6 Å². The SMILES string of the molecule is CC(C)Cn1c(SCC(=O)N[C@@H](C)c2ccccc2)nnc1-c1ccco1. The molecular formula is C20H24N4O2S. The lowest BCUT2D eigenvalue weighted by Crippen LogP contribution is -2.28. The number of thioether (sulfide) groups is 1. The molecule has 27 heavy (non-hydrogen) atoms. The molecule has 0 bridgehead atoms. The van der Waals surface area contributed by atoms with Gasteiger partial charge in [0.15, 0.2) is 16.7 Å². The highest BCUT2D eigenvalue weighted by molar-refractivity contribution is 7.99. The molecule has 1 N–H and O–H groups in total. The van der Waals surface area contributed by atoms with Gasteiger partial charge in [0.2, 0.25) is 5.91 Å². The molecule has 1 amide bonds. The van der Waals surface area contributed by atoms with E-state index in [4.69, 9.17) is 4.42 Å². The predicted molar refractivity (Wildman–Crippen MR) is 106 cm³/mol. The third-order valence-electron chi connectivity index (χ3n) is 4.02. The van der Waals surface area contributed by atoms with Crippen LogP contribution < -0.4 is 5.32 Å². The first kappa shape index (κ1) is 19.2. The number of carbonyl (C=O) groups excluding carboxylic acids is 1. The molecule has 0 aliphatic rings. The number of furan rings is 1. The molecule has 0 aliphatic carbocycles. The third-order valence-corrected chi connectivity index (χ3v) is 4.98. The monoisotopic (exact) mass is 384 g/mol. The Morgan fingerprint density at radius 2 is 1.93 bits per heavy atom. The molecule has 0 spiro atoms. The molecule has 6 nitrogen and oxygen atoms in total. The minimum atomic E-state index is -0.0356. The number of nitrogens with zero attached hydrogens (tertiary/aromatic N) is 3. The zero-order valence-corrected chi connectivity index (χ0v) is 16.6. The fourth-order valence-electron chi connectivity index (χ4n) is 2.75. The van der Waals surface area contributed by atoms with Gasteiger partial charge in [-0.1, -0.05) is 55.9 Å². The average Bonchev–Trinajstić information content (AvgIpc) is 3.30. The summed E-state index contributed by atoms with van der Waals surface area (Å²) in [5.74, 6) is 2.04. The van der Waals surface area contributed by atoms with Crippen molar-refractivity contribution in [2.75, 3.05) is 5.75 Å². The lowest BCUT2D eigenvalue weighted by molar-refractivity contribution is -0.119. The number of hydrogen-bond acceptors (Lipinski definition) is 5. The van der Waals surface area contributed by atoms with E-state index in [-0.39, 0.29) is 17.7 Å². The molecule has 0 saturated carbocycles. The Balaban J connectivity index is 1.66. The Bertz CT molecular complexity index is 860. The first-order valence-corrected chi connectivity index (χ1v) is 9.97. The first-order chi connectivity index (χ1) is 13.0. The summed E-state index contributed by atoms with van der Waals surface area (Å²) in [5.41, 5.74) is 1.08. The van der Waals surface area contributed by atoms with Gasteiger partial charge in [0.25, 0.3) is 0 Å². The number of nitrogens with one attached hydrogen (secondary N) is 1. The normalized spacial score (nSPS) is 12.3. The van der Waals surface area contributed by atoms with Crippen molar-refractivity contribution >= 4 is 17.7 Å². The minimum absolute atomic E-state index is 0.0324. The lowest BCUT2D eigenvalue weighted by Gasteiger charge is -2.14. The number of rotatable bonds is 8. The molecule has 1 atom stereocenters. The summed E-state index contributed by atoms with van der Waals surface area (Å²) in [7, 11) is 0. The van der Waals surface area contributed by atoms with Crippen LogP contribution >= 0.6 is 11.8 Å². The first-order valence-electron chi connectivity index (χ1n) is 8.98. The van der Waals surface area contributed by atoms with E-state index in [1.165, 1.54) is 11.8 Å². The van der Waals surface area contributed by atoms with E-state index < -0.39 is 0 Å². The molecule has 3 aromatic rings. The molecule has 0 unspecified atom stereocenters. The second-order valence-electron chi connectivity index (χ2n) is 6.78. The molecule has 0 fully saturated rings. The van der Waals surface area contributed by atoms with Crippen molar-refractivity contribution in [2.24, 2.45) is 5.92 Å². The fraction of sp³-hybridized carbons (Fsp3) is 0.350. The van der Waals surface area contributed by atoms with Gasteiger partial charge in [-0.15, -0.1) is 10.2 Å². The Morgan fingerprint density at radius 1 is 1.15 bits per heavy atom. The summed E-state index contributed by atoms with van der Waals surface area (Å²) in [4.78, 5) is 12.4. The maximum Gasteiger partial charge on any atom is 0.230 e. The summed E-state index contributed by atoms with van der Waals surface area (Å²) in [6, 6.07) is 13.6. The van der Waals surface area contributed by atoms with Crippen molar-refractivity contribution in [1.82, 2.24) is 20.1 Å². The smallest absolute Gasteiger partial charge is 0.230 e. The predicted octanol–water partition coefficient (Wildman–Crippen LogP) is 4.16. The number of amides is 1. The van der Waals surface area contributed by atoms with Crippen molar-refractivity contribution in [2.45, 2.75) is 38.5 Å². The van der Waals surface area contributed by atoms with Gasteiger partial charge in [-0.2, -0.15) is 0 Å². The summed E-state index contributed by atoms with van der Waals surface area (Å²) >= 11 is 1.39. The van der Waals surface area contributed by atoms with E-state index in [1.54, 1.807) is 6.26 Å². The van der Waals surface area contributed by atoms with Crippen LogP contribution in [0.4, 0.5) is 0 Å². The number of benzene rings is 1. The maximum atomic E-state index is 12.4. The molecule has 7 heteroatoms. The van der Waals surface area contributed by atoms with Gasteiger partial charge in [0.1, 0.15) is 0 Å². The largest absolute Gasteiger partial charge is 0.461 e. The number of hydrogen-bond donors (Lipinski definition) is 1. The molecule has 3 rings (SSSR count). The molecule has 0 radical (unpaired) electrons. The van der Waals surface area contributed by atoms with E-state index in [0.717, 1.165) is 17.3 Å². The van der Waals surface area contributed by atoms with Gasteiger partial charge in [-0.05, 0) is 30.5 Å². The molecule has 0 saturated heterocycles. The highest BCUT2D eigenvalue weighted by atomic mass is 32.2. The standard InChI is InChI=1S/C20H24N4O2S/c1-14(2)12-24-19(17-10-7-11-26-17)22-23-20(24)27-13-18(25)21-15(3)16-8-5-4-6-9-16/h4-11,14-15H,12-13H2,1-3H3,(H,21,25)/t15-/m0/s1. The zero-order valence-electron chi connectivity index (χ0n) is 15.8. The van der Waals surface area contributed by atoms with Crippen molar-refractivity contribution in [3.05, 3.63) is 54.3 Å². The van der Waals surface area contributed by atoms with E-state index >= 15 is 0 Å². The molecule has 2 aromatic heterocycles. The second kappa shape index (κ2) is 8.90. The number of carbonyl (C=O) groups is 1. The van der Waals surface area contributed by atoms with Crippen LogP contribution in [0.15, 0.2) is 58.3 Å². The summed E-state index contributed by atoms with van der Waals surface area (Å²) in [6.07, 6.45) is 1.62. The topological polar surface area (TPSA) is 73.0 Å². The maximum absolute atomic E-state index is 12.4. The van der Waals surface area contributed by atoms with E-state index in [2.05, 4.69) is 29.4 Å². The fourth-order valence-corrected chi connectivity index (χ4v) is 3.51. The van der Waals surface area contributed by atoms with Crippen LogP contribution in [-0.4, -0.2) is 26.4 Å². The third kappa shape index (κ3) is 5.01. The van der Waals surface area contributed by atoms with Gasteiger partial charge < -0.3 is 9.73 Å².